The van der Waals surface area contributed by atoms with Gasteiger partial charge in [0.05, 0.1) is 18.6 Å². The SMILES string of the molecule is CN1CCCN(C(=O)CN2C(=O)[C@@]3(COCc4ccccc4)C[C@H]3c3ccccc32)CC1. The van der Waals surface area contributed by atoms with Crippen LogP contribution in [0.1, 0.15) is 29.9 Å². The highest BCUT2D eigenvalue weighted by Gasteiger charge is 2.65. The highest BCUT2D eigenvalue weighted by molar-refractivity contribution is 6.07. The van der Waals surface area contributed by atoms with E-state index in [1.54, 1.807) is 4.90 Å². The summed E-state index contributed by atoms with van der Waals surface area (Å²) in [6, 6.07) is 18.1. The molecule has 0 spiro atoms. The summed E-state index contributed by atoms with van der Waals surface area (Å²) in [6.07, 6.45) is 1.75. The Morgan fingerprint density at radius 3 is 2.66 bits per heavy atom. The minimum absolute atomic E-state index is 0.0305. The van der Waals surface area contributed by atoms with Crippen LogP contribution in [-0.4, -0.2) is 68.0 Å². The van der Waals surface area contributed by atoms with Gasteiger partial charge < -0.3 is 19.4 Å². The number of carbonyl (C=O) groups is 2. The van der Waals surface area contributed by atoms with Crippen molar-refractivity contribution in [2.75, 3.05) is 51.3 Å². The monoisotopic (exact) mass is 433 g/mol. The number of nitrogens with zero attached hydrogens (tertiary/aromatic N) is 3. The molecule has 0 N–H and O–H groups in total. The zero-order valence-corrected chi connectivity index (χ0v) is 18.7. The molecule has 1 saturated heterocycles. The number of hydrogen-bond acceptors (Lipinski definition) is 4. The molecule has 168 valence electrons. The van der Waals surface area contributed by atoms with E-state index in [0.717, 1.165) is 43.7 Å². The topological polar surface area (TPSA) is 53.1 Å². The number of likely N-dealkylation sites (N-methyl/N-ethyl adjacent to an activating group) is 1. The van der Waals surface area contributed by atoms with Crippen molar-refractivity contribution in [2.45, 2.75) is 25.4 Å². The summed E-state index contributed by atoms with van der Waals surface area (Å²) in [5.74, 6) is 0.248. The fraction of sp³-hybridized carbons (Fsp3) is 0.462. The minimum atomic E-state index is -0.539. The molecule has 32 heavy (non-hydrogen) atoms. The Labute approximate surface area is 189 Å². The molecule has 0 radical (unpaired) electrons. The van der Waals surface area contributed by atoms with Gasteiger partial charge in [0.25, 0.3) is 0 Å². The fourth-order valence-electron chi connectivity index (χ4n) is 5.19. The first kappa shape index (κ1) is 21.2. The Morgan fingerprint density at radius 2 is 1.81 bits per heavy atom. The molecule has 2 amide bonds. The van der Waals surface area contributed by atoms with E-state index < -0.39 is 5.41 Å². The van der Waals surface area contributed by atoms with Gasteiger partial charge in [-0.15, -0.1) is 0 Å². The van der Waals surface area contributed by atoms with Gasteiger partial charge in [-0.25, -0.2) is 0 Å². The summed E-state index contributed by atoms with van der Waals surface area (Å²) < 4.78 is 6.04. The molecule has 3 aliphatic rings. The molecule has 0 unspecified atom stereocenters. The molecule has 0 aromatic heterocycles. The van der Waals surface area contributed by atoms with Crippen molar-refractivity contribution in [3.05, 3.63) is 65.7 Å². The number of para-hydroxylation sites is 1. The van der Waals surface area contributed by atoms with Gasteiger partial charge in [0, 0.05) is 31.2 Å². The Kier molecular flexibility index (Phi) is 5.74. The smallest absolute Gasteiger partial charge is 0.242 e. The summed E-state index contributed by atoms with van der Waals surface area (Å²) >= 11 is 0. The van der Waals surface area contributed by atoms with E-state index in [1.807, 2.05) is 53.4 Å². The average molecular weight is 434 g/mol. The Balaban J connectivity index is 1.32. The molecular weight excluding hydrogens is 402 g/mol. The molecule has 2 atom stereocenters. The number of hydrogen-bond donors (Lipinski definition) is 0. The number of ether oxygens (including phenoxy) is 1. The van der Waals surface area contributed by atoms with Crippen molar-refractivity contribution < 1.29 is 14.3 Å². The maximum absolute atomic E-state index is 13.7. The maximum atomic E-state index is 13.7. The van der Waals surface area contributed by atoms with E-state index in [9.17, 15) is 9.59 Å². The van der Waals surface area contributed by atoms with Crippen LogP contribution in [0.4, 0.5) is 5.69 Å². The third-order valence-electron chi connectivity index (χ3n) is 7.19. The molecule has 2 fully saturated rings. The Hall–Kier alpha value is -2.70. The van der Waals surface area contributed by atoms with Crippen molar-refractivity contribution in [2.24, 2.45) is 5.41 Å². The number of fused-ring (bicyclic) bond motifs is 3. The average Bonchev–Trinajstić information content (AvgIpc) is 3.59. The highest BCUT2D eigenvalue weighted by atomic mass is 16.5. The predicted octanol–water partition coefficient (Wildman–Crippen LogP) is 2.89. The van der Waals surface area contributed by atoms with Crippen LogP contribution < -0.4 is 4.90 Å². The fourth-order valence-corrected chi connectivity index (χ4v) is 5.19. The second-order valence-corrected chi connectivity index (χ2v) is 9.38. The van der Waals surface area contributed by atoms with Crippen LogP contribution >= 0.6 is 0 Å². The van der Waals surface area contributed by atoms with Gasteiger partial charge in [0.15, 0.2) is 0 Å². The Bertz CT molecular complexity index is 995. The van der Waals surface area contributed by atoms with E-state index in [1.165, 1.54) is 5.56 Å². The van der Waals surface area contributed by atoms with Crippen LogP contribution in [0.25, 0.3) is 0 Å². The molecule has 2 heterocycles. The van der Waals surface area contributed by atoms with E-state index in [4.69, 9.17) is 4.74 Å². The normalized spacial score (nSPS) is 25.2. The zero-order valence-electron chi connectivity index (χ0n) is 18.7. The van der Waals surface area contributed by atoms with Gasteiger partial charge in [0.1, 0.15) is 6.54 Å². The summed E-state index contributed by atoms with van der Waals surface area (Å²) in [4.78, 5) is 32.8. The molecular formula is C26H31N3O3. The number of rotatable bonds is 6. The largest absolute Gasteiger partial charge is 0.376 e. The minimum Gasteiger partial charge on any atom is -0.376 e. The summed E-state index contributed by atoms with van der Waals surface area (Å²) in [7, 11) is 2.09. The van der Waals surface area contributed by atoms with E-state index >= 15 is 0 Å². The van der Waals surface area contributed by atoms with Gasteiger partial charge in [0.2, 0.25) is 11.8 Å². The van der Waals surface area contributed by atoms with Crippen LogP contribution in [0.3, 0.4) is 0 Å². The number of benzene rings is 2. The highest BCUT2D eigenvalue weighted by Crippen LogP contribution is 2.65. The van der Waals surface area contributed by atoms with Crippen LogP contribution in [0, 0.1) is 5.41 Å². The van der Waals surface area contributed by atoms with Crippen LogP contribution in [-0.2, 0) is 20.9 Å². The van der Waals surface area contributed by atoms with Crippen LogP contribution in [0.15, 0.2) is 54.6 Å². The standard InChI is InChI=1S/C26H31N3O3/c1-27-12-7-13-28(15-14-27)24(30)17-29-23-11-6-5-10-21(23)22-16-26(22,25(29)31)19-32-18-20-8-3-2-4-9-20/h2-6,8-11,22H,7,12-19H2,1H3/t22-,26+/m0/s1. The lowest BCUT2D eigenvalue weighted by Gasteiger charge is -2.35. The first-order valence-corrected chi connectivity index (χ1v) is 11.6. The maximum Gasteiger partial charge on any atom is 0.242 e. The summed E-state index contributed by atoms with van der Waals surface area (Å²) in [6.45, 7) is 4.32. The summed E-state index contributed by atoms with van der Waals surface area (Å²) in [5.41, 5.74) is 2.61. The van der Waals surface area contributed by atoms with Crippen molar-refractivity contribution in [1.29, 1.82) is 0 Å². The lowest BCUT2D eigenvalue weighted by Crippen LogP contribution is -2.49. The number of anilines is 1. The third kappa shape index (κ3) is 3.93. The van der Waals surface area contributed by atoms with Crippen LogP contribution in [0.2, 0.25) is 0 Å². The van der Waals surface area contributed by atoms with Gasteiger partial charge in [-0.05, 0) is 43.6 Å². The number of amides is 2. The van der Waals surface area contributed by atoms with Crippen molar-refractivity contribution >= 4 is 17.5 Å². The zero-order chi connectivity index (χ0) is 22.1. The third-order valence-corrected chi connectivity index (χ3v) is 7.19. The van der Waals surface area contributed by atoms with E-state index in [0.29, 0.717) is 19.8 Å². The second-order valence-electron chi connectivity index (χ2n) is 9.38. The first-order chi connectivity index (χ1) is 15.6. The van der Waals surface area contributed by atoms with Gasteiger partial charge in [-0.3, -0.25) is 9.59 Å². The predicted molar refractivity (Wildman–Crippen MR) is 123 cm³/mol. The molecule has 5 rings (SSSR count). The summed E-state index contributed by atoms with van der Waals surface area (Å²) in [5, 5.41) is 0. The van der Waals surface area contributed by atoms with Crippen molar-refractivity contribution in [3.8, 4) is 0 Å². The lowest BCUT2D eigenvalue weighted by molar-refractivity contribution is -0.133. The van der Waals surface area contributed by atoms with E-state index in [-0.39, 0.29) is 24.3 Å². The number of carbonyl (C=O) groups excluding carboxylic acids is 2. The molecule has 0 bridgehead atoms. The molecule has 6 heteroatoms. The van der Waals surface area contributed by atoms with Gasteiger partial charge in [-0.2, -0.15) is 0 Å². The molecule has 1 saturated carbocycles. The molecule has 6 nitrogen and oxygen atoms in total. The molecule has 2 aliphatic heterocycles. The van der Waals surface area contributed by atoms with Gasteiger partial charge in [-0.1, -0.05) is 48.5 Å². The molecule has 1 aliphatic carbocycles. The van der Waals surface area contributed by atoms with Crippen LogP contribution in [0.5, 0.6) is 0 Å². The molecule has 2 aromatic carbocycles. The Morgan fingerprint density at radius 1 is 1.03 bits per heavy atom. The van der Waals surface area contributed by atoms with Crippen molar-refractivity contribution in [3.63, 3.8) is 0 Å². The second kappa shape index (κ2) is 8.68. The quantitative estimate of drug-likeness (QED) is 0.703. The van der Waals surface area contributed by atoms with E-state index in [2.05, 4.69) is 18.0 Å². The molecule has 2 aromatic rings. The first-order valence-electron chi connectivity index (χ1n) is 11.6. The van der Waals surface area contributed by atoms with Gasteiger partial charge >= 0.3 is 0 Å². The lowest BCUT2D eigenvalue weighted by atomic mass is 9.92. The van der Waals surface area contributed by atoms with Crippen molar-refractivity contribution in [1.82, 2.24) is 9.80 Å².